The Morgan fingerprint density at radius 2 is 1.08 bits per heavy atom. The average Bonchev–Trinajstić information content (AvgIpc) is 3.02. The summed E-state index contributed by atoms with van der Waals surface area (Å²) >= 11 is 0. The Morgan fingerprint density at radius 3 is 1.62 bits per heavy atom. The molecule has 0 atom stereocenters. The Bertz CT molecular complexity index is 934. The van der Waals surface area contributed by atoms with Crippen LogP contribution in [0.4, 0.5) is 0 Å². The highest BCUT2D eigenvalue weighted by Crippen LogP contribution is 2.32. The number of nitrogens with zero attached hydrogens (tertiary/aromatic N) is 6. The predicted molar refractivity (Wildman–Crippen MR) is 74.0 cm³/mol. The van der Waals surface area contributed by atoms with Gasteiger partial charge in [-0.15, -0.1) is 0 Å². The Labute approximate surface area is 132 Å². The maximum absolute atomic E-state index is 12.4. The summed E-state index contributed by atoms with van der Waals surface area (Å²) in [5, 5.41) is 65.8. The van der Waals surface area contributed by atoms with Gasteiger partial charge in [-0.3, -0.25) is 0 Å². The van der Waals surface area contributed by atoms with Gasteiger partial charge in [0.2, 0.25) is 11.0 Å². The molecule has 4 rings (SSSR count). The summed E-state index contributed by atoms with van der Waals surface area (Å²) in [6.45, 7) is 3.99. The number of benzene rings is 1. The zero-order valence-corrected chi connectivity index (χ0v) is 12.8. The first kappa shape index (κ1) is 14.0. The zero-order valence-electron chi connectivity index (χ0n) is 12.8. The minimum Gasteiger partial charge on any atom is -0.710 e. The lowest BCUT2D eigenvalue weighted by Gasteiger charge is -1.99. The van der Waals surface area contributed by atoms with Gasteiger partial charge >= 0.3 is 5.82 Å². The van der Waals surface area contributed by atoms with E-state index in [1.54, 1.807) is 0 Å². The van der Waals surface area contributed by atoms with E-state index >= 15 is 0 Å². The molecule has 0 radical (unpaired) electrons. The van der Waals surface area contributed by atoms with Crippen LogP contribution in [-0.4, -0.2) is 35.0 Å². The van der Waals surface area contributed by atoms with E-state index in [-0.39, 0.29) is 50.6 Å². The van der Waals surface area contributed by atoms with Crippen LogP contribution in [0.2, 0.25) is 0 Å². The van der Waals surface area contributed by atoms with E-state index in [2.05, 4.69) is 0 Å². The van der Waals surface area contributed by atoms with Crippen LogP contribution in [0.5, 0.6) is 0 Å². The van der Waals surface area contributed by atoms with Crippen LogP contribution in [0, 0.1) is 31.2 Å². The van der Waals surface area contributed by atoms with Crippen LogP contribution in [-0.2, 0) is 0 Å². The Hall–Kier alpha value is -3.57. The van der Waals surface area contributed by atoms with E-state index < -0.39 is 0 Å². The zero-order chi connectivity index (χ0) is 17.7. The Morgan fingerprint density at radius 1 is 0.667 bits per heavy atom. The molecule has 12 heteroatoms. The number of hydrogen-bond donors (Lipinski definition) is 4. The van der Waals surface area contributed by atoms with E-state index in [1.807, 2.05) is 0 Å². The van der Waals surface area contributed by atoms with Crippen LogP contribution in [0.1, 0.15) is 17.5 Å². The van der Waals surface area contributed by atoms with Crippen molar-refractivity contribution in [2.75, 3.05) is 0 Å². The van der Waals surface area contributed by atoms with Gasteiger partial charge in [0.15, 0.2) is 0 Å². The standard InChI is InChI=1S/C12H13N6O6/c1-4-13(19)7-8(14(4)20)10-12(18(24)6(3)16(10)22)11-9(7)15(21)5(2)17(11)23/h19-20,23-24H,1-3H3/q+1. The van der Waals surface area contributed by atoms with Gasteiger partial charge in [-0.05, 0) is 18.9 Å². The van der Waals surface area contributed by atoms with Crippen LogP contribution in [0.3, 0.4) is 0 Å². The fourth-order valence-corrected chi connectivity index (χ4v) is 3.09. The first-order valence-electron chi connectivity index (χ1n) is 6.85. The number of rotatable bonds is 0. The van der Waals surface area contributed by atoms with Gasteiger partial charge in [0.25, 0.3) is 33.7 Å². The van der Waals surface area contributed by atoms with Gasteiger partial charge in [0.05, 0.1) is 0 Å². The molecular weight excluding hydrogens is 324 g/mol. The maximum Gasteiger partial charge on any atom is 0.333 e. The highest BCUT2D eigenvalue weighted by molar-refractivity contribution is 6.15. The minimum atomic E-state index is -0.218. The third-order valence-corrected chi connectivity index (χ3v) is 4.41. The first-order valence-corrected chi connectivity index (χ1v) is 6.85. The van der Waals surface area contributed by atoms with Gasteiger partial charge < -0.3 is 31.2 Å². The second kappa shape index (κ2) is 3.84. The lowest BCUT2D eigenvalue weighted by atomic mass is 10.2. The summed E-state index contributed by atoms with van der Waals surface area (Å²) in [4.78, 5) is 0. The highest BCUT2D eigenvalue weighted by atomic mass is 16.5. The minimum absolute atomic E-state index is 0.0783. The fraction of sp³-hybridized carbons (Fsp3) is 0.250. The van der Waals surface area contributed by atoms with E-state index in [0.29, 0.717) is 28.4 Å². The summed E-state index contributed by atoms with van der Waals surface area (Å²) in [6.07, 6.45) is 0. The summed E-state index contributed by atoms with van der Waals surface area (Å²) in [7, 11) is 0. The molecule has 0 saturated carbocycles. The topological polar surface area (TPSA) is 153 Å². The van der Waals surface area contributed by atoms with Crippen molar-refractivity contribution in [3.05, 3.63) is 27.9 Å². The number of hydrogen-bond acceptors (Lipinski definition) is 6. The largest absolute Gasteiger partial charge is 0.710 e. The number of imidazole rings is 3. The van der Waals surface area contributed by atoms with Gasteiger partial charge in [-0.2, -0.15) is 0 Å². The van der Waals surface area contributed by atoms with Crippen molar-refractivity contribution in [1.29, 1.82) is 0 Å². The van der Waals surface area contributed by atoms with Gasteiger partial charge in [-0.1, -0.05) is 0 Å². The summed E-state index contributed by atoms with van der Waals surface area (Å²) in [6, 6.07) is 0. The van der Waals surface area contributed by atoms with Crippen molar-refractivity contribution in [3.63, 3.8) is 0 Å². The molecule has 0 aliphatic heterocycles. The summed E-state index contributed by atoms with van der Waals surface area (Å²) < 4.78 is 2.77. The molecule has 3 aromatic heterocycles. The molecule has 0 fully saturated rings. The summed E-state index contributed by atoms with van der Waals surface area (Å²) in [5.41, 5.74) is -1.16. The molecule has 12 nitrogen and oxygen atoms in total. The third-order valence-electron chi connectivity index (χ3n) is 4.41. The quantitative estimate of drug-likeness (QED) is 0.183. The molecule has 3 heterocycles. The van der Waals surface area contributed by atoms with E-state index in [9.17, 15) is 31.2 Å². The lowest BCUT2D eigenvalue weighted by molar-refractivity contribution is -0.890. The predicted octanol–water partition coefficient (Wildman–Crippen LogP) is -1.02. The van der Waals surface area contributed by atoms with E-state index in [0.717, 1.165) is 0 Å². The van der Waals surface area contributed by atoms with Gasteiger partial charge in [-0.25, -0.2) is 9.46 Å². The van der Waals surface area contributed by atoms with Crippen molar-refractivity contribution in [2.45, 2.75) is 20.8 Å². The molecule has 4 N–H and O–H groups in total. The molecular formula is C12H13N6O6+. The van der Waals surface area contributed by atoms with Crippen molar-refractivity contribution >= 4 is 33.1 Å². The molecule has 126 valence electrons. The van der Waals surface area contributed by atoms with Crippen LogP contribution in [0.15, 0.2) is 0 Å². The van der Waals surface area contributed by atoms with Crippen LogP contribution in [0.25, 0.3) is 33.1 Å². The van der Waals surface area contributed by atoms with Crippen LogP contribution < -0.4 is 14.2 Å². The fourth-order valence-electron chi connectivity index (χ4n) is 3.09. The van der Waals surface area contributed by atoms with E-state index in [1.165, 1.54) is 20.8 Å². The molecule has 24 heavy (non-hydrogen) atoms. The molecule has 0 bridgehead atoms. The first-order chi connectivity index (χ1) is 11.2. The average molecular weight is 337 g/mol. The third kappa shape index (κ3) is 1.20. The van der Waals surface area contributed by atoms with E-state index in [4.69, 9.17) is 0 Å². The van der Waals surface area contributed by atoms with Crippen molar-refractivity contribution in [1.82, 2.24) is 14.2 Å². The Kier molecular flexibility index (Phi) is 2.25. The highest BCUT2D eigenvalue weighted by Gasteiger charge is 2.41. The second-order valence-electron chi connectivity index (χ2n) is 5.57. The molecule has 0 unspecified atom stereocenters. The molecule has 4 aromatic rings. The molecule has 0 saturated heterocycles. The van der Waals surface area contributed by atoms with Crippen molar-refractivity contribution in [3.8, 4) is 0 Å². The smallest absolute Gasteiger partial charge is 0.333 e. The van der Waals surface area contributed by atoms with Crippen molar-refractivity contribution in [2.24, 2.45) is 0 Å². The SMILES string of the molecule is Cc1n(O)c2c3c(c4c(c2[n+]1[O-])n(O)c(C)[n+]4O)[n+]([O-])c(C)n3O. The Balaban J connectivity index is 2.59. The van der Waals surface area contributed by atoms with Gasteiger partial charge in [0, 0.05) is 20.8 Å². The molecule has 0 amide bonds. The van der Waals surface area contributed by atoms with Crippen molar-refractivity contribution < 1.29 is 35.0 Å². The normalized spacial score (nSPS) is 12.1. The van der Waals surface area contributed by atoms with Crippen LogP contribution >= 0.6 is 0 Å². The lowest BCUT2D eigenvalue weighted by Crippen LogP contribution is -2.36. The number of fused-ring (bicyclic) bond motifs is 6. The molecule has 0 aliphatic carbocycles. The molecule has 0 spiro atoms. The monoisotopic (exact) mass is 337 g/mol. The number of aromatic nitrogens is 6. The molecule has 0 aliphatic rings. The second-order valence-corrected chi connectivity index (χ2v) is 5.57. The molecule has 1 aromatic carbocycles. The maximum atomic E-state index is 12.4. The van der Waals surface area contributed by atoms with Gasteiger partial charge in [0.1, 0.15) is 0 Å². The summed E-state index contributed by atoms with van der Waals surface area (Å²) in [5.74, 6) is -0.387.